The number of carbonyl (C=O) groups excluding carboxylic acids is 1. The predicted octanol–water partition coefficient (Wildman–Crippen LogP) is 4.71. The van der Waals surface area contributed by atoms with E-state index in [1.54, 1.807) is 17.4 Å². The van der Waals surface area contributed by atoms with E-state index in [9.17, 15) is 4.79 Å². The first kappa shape index (κ1) is 17.7. The Balaban J connectivity index is 1.57. The number of para-hydroxylation sites is 1. The van der Waals surface area contributed by atoms with E-state index in [2.05, 4.69) is 23.5 Å². The van der Waals surface area contributed by atoms with Gasteiger partial charge in [0.05, 0.1) is 17.4 Å². The Bertz CT molecular complexity index is 1000. The van der Waals surface area contributed by atoms with Crippen LogP contribution in [0.15, 0.2) is 47.9 Å². The third kappa shape index (κ3) is 3.23. The van der Waals surface area contributed by atoms with Crippen molar-refractivity contribution in [1.29, 1.82) is 0 Å². The number of nitrogens with zero attached hydrogens (tertiary/aromatic N) is 3. The van der Waals surface area contributed by atoms with Crippen molar-refractivity contribution in [2.75, 3.05) is 6.54 Å². The first-order valence-electron chi connectivity index (χ1n) is 9.23. The lowest BCUT2D eigenvalue weighted by Crippen LogP contribution is -2.37. The van der Waals surface area contributed by atoms with E-state index in [0.29, 0.717) is 0 Å². The van der Waals surface area contributed by atoms with Crippen molar-refractivity contribution in [2.45, 2.75) is 33.2 Å². The molecule has 4 nitrogen and oxygen atoms in total. The van der Waals surface area contributed by atoms with Gasteiger partial charge in [-0.15, -0.1) is 11.3 Å². The second kappa shape index (κ2) is 7.16. The average molecular weight is 378 g/mol. The summed E-state index contributed by atoms with van der Waals surface area (Å²) in [5.74, 6) is 0.0608. The van der Waals surface area contributed by atoms with Crippen LogP contribution in [0.3, 0.4) is 0 Å². The number of aromatic nitrogens is 2. The highest BCUT2D eigenvalue weighted by atomic mass is 32.1. The Morgan fingerprint density at radius 1 is 1.22 bits per heavy atom. The van der Waals surface area contributed by atoms with Gasteiger partial charge in [-0.25, -0.2) is 4.68 Å². The molecule has 27 heavy (non-hydrogen) atoms. The molecule has 1 atom stereocenters. The SMILES string of the molecule is Cc1nn(-c2ccccc2)c(C)c1C=CC(=O)N1CCc2sccc2C1C. The van der Waals surface area contributed by atoms with Gasteiger partial charge in [0.25, 0.3) is 0 Å². The van der Waals surface area contributed by atoms with Crippen molar-refractivity contribution in [3.8, 4) is 5.69 Å². The highest BCUT2D eigenvalue weighted by molar-refractivity contribution is 7.10. The molecule has 1 aromatic carbocycles. The number of aryl methyl sites for hydroxylation is 1. The fourth-order valence-electron chi connectivity index (χ4n) is 3.78. The van der Waals surface area contributed by atoms with Gasteiger partial charge < -0.3 is 4.90 Å². The highest BCUT2D eigenvalue weighted by Gasteiger charge is 2.27. The van der Waals surface area contributed by atoms with E-state index in [4.69, 9.17) is 0 Å². The summed E-state index contributed by atoms with van der Waals surface area (Å²) in [5, 5.41) is 6.77. The Labute approximate surface area is 163 Å². The number of fused-ring (bicyclic) bond motifs is 1. The summed E-state index contributed by atoms with van der Waals surface area (Å²) in [6.45, 7) is 6.91. The fraction of sp³-hybridized carbons (Fsp3) is 0.273. The maximum absolute atomic E-state index is 12.8. The summed E-state index contributed by atoms with van der Waals surface area (Å²) in [7, 11) is 0. The Kier molecular flexibility index (Phi) is 4.70. The zero-order valence-electron chi connectivity index (χ0n) is 15.8. The number of hydrogen-bond donors (Lipinski definition) is 0. The third-order valence-electron chi connectivity index (χ3n) is 5.30. The second-order valence-electron chi connectivity index (χ2n) is 6.92. The molecule has 0 radical (unpaired) electrons. The molecule has 3 aromatic rings. The molecule has 1 aliphatic rings. The second-order valence-corrected chi connectivity index (χ2v) is 7.92. The van der Waals surface area contributed by atoms with Crippen LogP contribution in [-0.4, -0.2) is 27.1 Å². The monoisotopic (exact) mass is 377 g/mol. The van der Waals surface area contributed by atoms with Crippen molar-refractivity contribution in [1.82, 2.24) is 14.7 Å². The van der Waals surface area contributed by atoms with Crippen molar-refractivity contribution >= 4 is 23.3 Å². The smallest absolute Gasteiger partial charge is 0.247 e. The zero-order chi connectivity index (χ0) is 19.0. The van der Waals surface area contributed by atoms with Crippen LogP contribution < -0.4 is 0 Å². The number of amides is 1. The van der Waals surface area contributed by atoms with Crippen LogP contribution in [0.25, 0.3) is 11.8 Å². The summed E-state index contributed by atoms with van der Waals surface area (Å²) in [6.07, 6.45) is 4.55. The van der Waals surface area contributed by atoms with Crippen molar-refractivity contribution in [2.24, 2.45) is 0 Å². The average Bonchev–Trinajstić information content (AvgIpc) is 3.26. The highest BCUT2D eigenvalue weighted by Crippen LogP contribution is 2.33. The molecule has 3 heterocycles. The van der Waals surface area contributed by atoms with Crippen LogP contribution in [0.1, 0.15) is 40.4 Å². The maximum Gasteiger partial charge on any atom is 0.247 e. The Hall–Kier alpha value is -2.66. The van der Waals surface area contributed by atoms with Crippen LogP contribution in [0.5, 0.6) is 0 Å². The zero-order valence-corrected chi connectivity index (χ0v) is 16.7. The molecule has 1 aliphatic heterocycles. The molecule has 4 rings (SSSR count). The van der Waals surface area contributed by atoms with Gasteiger partial charge in [-0.1, -0.05) is 18.2 Å². The normalized spacial score (nSPS) is 16.7. The van der Waals surface area contributed by atoms with Gasteiger partial charge in [0.2, 0.25) is 5.91 Å². The van der Waals surface area contributed by atoms with Crippen LogP contribution in [0.2, 0.25) is 0 Å². The van der Waals surface area contributed by atoms with E-state index < -0.39 is 0 Å². The minimum atomic E-state index is 0.0608. The van der Waals surface area contributed by atoms with Crippen molar-refractivity contribution < 1.29 is 4.79 Å². The molecule has 0 spiro atoms. The molecule has 2 aromatic heterocycles. The van der Waals surface area contributed by atoms with E-state index in [0.717, 1.165) is 35.6 Å². The molecule has 0 fully saturated rings. The van der Waals surface area contributed by atoms with Gasteiger partial charge >= 0.3 is 0 Å². The van der Waals surface area contributed by atoms with Crippen LogP contribution in [-0.2, 0) is 11.2 Å². The molecule has 0 aliphatic carbocycles. The molecule has 138 valence electrons. The van der Waals surface area contributed by atoms with E-state index in [1.807, 2.05) is 59.8 Å². The number of carbonyl (C=O) groups is 1. The van der Waals surface area contributed by atoms with Crippen LogP contribution in [0.4, 0.5) is 0 Å². The fourth-order valence-corrected chi connectivity index (χ4v) is 4.74. The van der Waals surface area contributed by atoms with Gasteiger partial charge in [0.1, 0.15) is 0 Å². The maximum atomic E-state index is 12.8. The number of rotatable bonds is 3. The quantitative estimate of drug-likeness (QED) is 0.620. The van der Waals surface area contributed by atoms with Gasteiger partial charge in [-0.2, -0.15) is 5.10 Å². The molecule has 1 amide bonds. The van der Waals surface area contributed by atoms with Crippen LogP contribution >= 0.6 is 11.3 Å². The lowest BCUT2D eigenvalue weighted by atomic mass is 10.0. The van der Waals surface area contributed by atoms with Crippen molar-refractivity contribution in [3.63, 3.8) is 0 Å². The van der Waals surface area contributed by atoms with E-state index >= 15 is 0 Å². The molecular weight excluding hydrogens is 354 g/mol. The lowest BCUT2D eigenvalue weighted by molar-refractivity contribution is -0.128. The number of thiophene rings is 1. The molecule has 0 saturated heterocycles. The third-order valence-corrected chi connectivity index (χ3v) is 6.30. The van der Waals surface area contributed by atoms with E-state index in [1.165, 1.54) is 10.4 Å². The summed E-state index contributed by atoms with van der Waals surface area (Å²) in [6, 6.07) is 12.3. The molecule has 1 unspecified atom stereocenters. The van der Waals surface area contributed by atoms with Gasteiger partial charge in [0.15, 0.2) is 0 Å². The van der Waals surface area contributed by atoms with Gasteiger partial charge in [0, 0.05) is 28.8 Å². The summed E-state index contributed by atoms with van der Waals surface area (Å²) in [5.41, 5.74) is 5.28. The predicted molar refractivity (Wildman–Crippen MR) is 110 cm³/mol. The first-order valence-corrected chi connectivity index (χ1v) is 10.1. The van der Waals surface area contributed by atoms with Crippen molar-refractivity contribution in [3.05, 3.63) is 75.2 Å². The Morgan fingerprint density at radius 3 is 2.78 bits per heavy atom. The molecule has 0 N–H and O–H groups in total. The minimum Gasteiger partial charge on any atom is -0.332 e. The summed E-state index contributed by atoms with van der Waals surface area (Å²) in [4.78, 5) is 16.2. The topological polar surface area (TPSA) is 38.1 Å². The van der Waals surface area contributed by atoms with Crippen LogP contribution in [0, 0.1) is 13.8 Å². The molecule has 5 heteroatoms. The molecule has 0 bridgehead atoms. The van der Waals surface area contributed by atoms with E-state index in [-0.39, 0.29) is 11.9 Å². The first-order chi connectivity index (χ1) is 13.1. The lowest BCUT2D eigenvalue weighted by Gasteiger charge is -2.32. The number of hydrogen-bond acceptors (Lipinski definition) is 3. The molecule has 0 saturated carbocycles. The standard InChI is InChI=1S/C22H23N3OS/c1-15-19(17(3)25(23-15)18-7-5-4-6-8-18)9-10-22(26)24-13-11-21-20(16(24)2)12-14-27-21/h4-10,12,14,16H,11,13H2,1-3H3. The Morgan fingerprint density at radius 2 is 2.00 bits per heavy atom. The van der Waals surface area contributed by atoms with Gasteiger partial charge in [-0.05, 0) is 62.4 Å². The largest absolute Gasteiger partial charge is 0.332 e. The van der Waals surface area contributed by atoms with Gasteiger partial charge in [-0.3, -0.25) is 4.79 Å². The molecular formula is C22H23N3OS. The minimum absolute atomic E-state index is 0.0608. The number of benzene rings is 1. The summed E-state index contributed by atoms with van der Waals surface area (Å²) >= 11 is 1.79. The summed E-state index contributed by atoms with van der Waals surface area (Å²) < 4.78 is 1.93.